The smallest absolute Gasteiger partial charge is 0.257 e. The second-order valence-corrected chi connectivity index (χ2v) is 5.72. The van der Waals surface area contributed by atoms with Gasteiger partial charge in [0.25, 0.3) is 5.91 Å². The van der Waals surface area contributed by atoms with Crippen LogP contribution in [0.25, 0.3) is 0 Å². The number of amides is 2. The van der Waals surface area contributed by atoms with E-state index in [4.69, 9.17) is 0 Å². The number of aromatic nitrogens is 1. The Balaban J connectivity index is 1.94. The van der Waals surface area contributed by atoms with E-state index in [-0.39, 0.29) is 11.8 Å². The first-order valence-corrected chi connectivity index (χ1v) is 7.81. The minimum atomic E-state index is -0.218. The first kappa shape index (κ1) is 17.4. The number of hydrogen-bond donors (Lipinski definition) is 2. The highest BCUT2D eigenvalue weighted by Crippen LogP contribution is 2.12. The summed E-state index contributed by atoms with van der Waals surface area (Å²) in [6.07, 6.45) is 6.52. The number of hydrogen-bond acceptors (Lipinski definition) is 3. The Morgan fingerprint density at radius 1 is 1.21 bits per heavy atom. The first-order chi connectivity index (χ1) is 11.5. The summed E-state index contributed by atoms with van der Waals surface area (Å²) in [4.78, 5) is 27.7. The van der Waals surface area contributed by atoms with Crippen molar-refractivity contribution in [2.75, 3.05) is 5.32 Å². The molecular formula is C19H21N3O2. The average molecular weight is 323 g/mol. The van der Waals surface area contributed by atoms with Gasteiger partial charge in [0.15, 0.2) is 0 Å². The fourth-order valence-electron chi connectivity index (χ4n) is 1.99. The van der Waals surface area contributed by atoms with E-state index in [1.165, 1.54) is 6.20 Å². The molecule has 1 aromatic heterocycles. The first-order valence-electron chi connectivity index (χ1n) is 7.81. The van der Waals surface area contributed by atoms with Gasteiger partial charge in [0, 0.05) is 24.6 Å². The van der Waals surface area contributed by atoms with Crippen molar-refractivity contribution in [3.63, 3.8) is 0 Å². The average Bonchev–Trinajstić information content (AvgIpc) is 2.59. The van der Waals surface area contributed by atoms with E-state index in [9.17, 15) is 9.59 Å². The van der Waals surface area contributed by atoms with Crippen molar-refractivity contribution in [1.29, 1.82) is 0 Å². The van der Waals surface area contributed by atoms with Crippen LogP contribution < -0.4 is 10.6 Å². The third kappa shape index (κ3) is 5.68. The summed E-state index contributed by atoms with van der Waals surface area (Å²) in [5, 5.41) is 5.64. The maximum atomic E-state index is 12.1. The molecule has 0 atom stereocenters. The third-order valence-electron chi connectivity index (χ3n) is 3.21. The molecular weight excluding hydrogens is 302 g/mol. The van der Waals surface area contributed by atoms with Crippen molar-refractivity contribution in [3.8, 4) is 0 Å². The number of allylic oxidation sites excluding steroid dienone is 1. The molecule has 0 fully saturated rings. The van der Waals surface area contributed by atoms with Gasteiger partial charge in [-0.1, -0.05) is 32.1 Å². The maximum absolute atomic E-state index is 12.1. The highest BCUT2D eigenvalue weighted by molar-refractivity contribution is 6.04. The molecule has 0 aliphatic heterocycles. The molecule has 0 aliphatic rings. The molecule has 0 spiro atoms. The van der Waals surface area contributed by atoms with Gasteiger partial charge >= 0.3 is 0 Å². The van der Waals surface area contributed by atoms with Crippen LogP contribution in [0.4, 0.5) is 5.69 Å². The van der Waals surface area contributed by atoms with E-state index in [1.54, 1.807) is 30.5 Å². The summed E-state index contributed by atoms with van der Waals surface area (Å²) in [6, 6.07) is 10.8. The molecule has 1 heterocycles. The quantitative estimate of drug-likeness (QED) is 0.802. The lowest BCUT2D eigenvalue weighted by atomic mass is 10.2. The molecule has 2 rings (SSSR count). The summed E-state index contributed by atoms with van der Waals surface area (Å²) in [6.45, 7) is 4.42. The van der Waals surface area contributed by atoms with Crippen LogP contribution in [0.1, 0.15) is 29.8 Å². The van der Waals surface area contributed by atoms with Crippen LogP contribution >= 0.6 is 0 Å². The standard InChI is InChI=1S/C19H21N3O2/c1-14(2)8-9-18(23)21-12-15-5-3-7-17(11-15)22-19(24)16-6-4-10-20-13-16/h3-11,13-14H,12H2,1-2H3,(H,21,23)(H,22,24)/b9-8+. The fourth-order valence-corrected chi connectivity index (χ4v) is 1.99. The molecule has 124 valence electrons. The monoisotopic (exact) mass is 323 g/mol. The zero-order valence-corrected chi connectivity index (χ0v) is 13.8. The maximum Gasteiger partial charge on any atom is 0.257 e. The van der Waals surface area contributed by atoms with E-state index < -0.39 is 0 Å². The van der Waals surface area contributed by atoms with Crippen LogP contribution in [0.15, 0.2) is 60.9 Å². The van der Waals surface area contributed by atoms with Crippen LogP contribution in [0.5, 0.6) is 0 Å². The number of nitrogens with zero attached hydrogens (tertiary/aromatic N) is 1. The molecule has 5 heteroatoms. The minimum absolute atomic E-state index is 0.131. The van der Waals surface area contributed by atoms with E-state index in [2.05, 4.69) is 15.6 Å². The van der Waals surface area contributed by atoms with E-state index in [1.807, 2.05) is 38.1 Å². The van der Waals surface area contributed by atoms with Crippen LogP contribution in [0.3, 0.4) is 0 Å². The van der Waals surface area contributed by atoms with Crippen molar-refractivity contribution in [1.82, 2.24) is 10.3 Å². The summed E-state index contributed by atoms with van der Waals surface area (Å²) in [5.74, 6) is -0.0144. The Morgan fingerprint density at radius 3 is 2.75 bits per heavy atom. The third-order valence-corrected chi connectivity index (χ3v) is 3.21. The number of rotatable bonds is 6. The molecule has 0 aliphatic carbocycles. The SMILES string of the molecule is CC(C)/C=C/C(=O)NCc1cccc(NC(=O)c2cccnc2)c1. The van der Waals surface area contributed by atoms with Crippen LogP contribution in [0.2, 0.25) is 0 Å². The Labute approximate surface area is 141 Å². The van der Waals surface area contributed by atoms with E-state index in [0.717, 1.165) is 5.56 Å². The van der Waals surface area contributed by atoms with E-state index in [0.29, 0.717) is 23.7 Å². The molecule has 0 bridgehead atoms. The predicted molar refractivity (Wildman–Crippen MR) is 94.5 cm³/mol. The number of nitrogens with one attached hydrogen (secondary N) is 2. The highest BCUT2D eigenvalue weighted by Gasteiger charge is 2.06. The Morgan fingerprint density at radius 2 is 2.04 bits per heavy atom. The van der Waals surface area contributed by atoms with Crippen LogP contribution in [0, 0.1) is 5.92 Å². The van der Waals surface area contributed by atoms with Gasteiger partial charge in [0.2, 0.25) is 5.91 Å². The molecule has 2 N–H and O–H groups in total. The second kappa shape index (κ2) is 8.62. The van der Waals surface area contributed by atoms with Gasteiger partial charge in [-0.05, 0) is 41.8 Å². The number of benzene rings is 1. The van der Waals surface area contributed by atoms with Crippen LogP contribution in [-0.4, -0.2) is 16.8 Å². The summed E-state index contributed by atoms with van der Waals surface area (Å²) < 4.78 is 0. The molecule has 0 saturated carbocycles. The van der Waals surface area contributed by atoms with Crippen molar-refractivity contribution in [2.24, 2.45) is 5.92 Å². The van der Waals surface area contributed by atoms with Crippen molar-refractivity contribution >= 4 is 17.5 Å². The Kier molecular flexibility index (Phi) is 6.25. The molecule has 24 heavy (non-hydrogen) atoms. The fraction of sp³-hybridized carbons (Fsp3) is 0.211. The second-order valence-electron chi connectivity index (χ2n) is 5.72. The molecule has 0 radical (unpaired) electrons. The number of pyridine rings is 1. The normalized spacial score (nSPS) is 10.8. The van der Waals surface area contributed by atoms with Gasteiger partial charge in [-0.25, -0.2) is 0 Å². The van der Waals surface area contributed by atoms with Gasteiger partial charge in [-0.3, -0.25) is 14.6 Å². The number of carbonyl (C=O) groups is 2. The predicted octanol–water partition coefficient (Wildman–Crippen LogP) is 3.16. The zero-order chi connectivity index (χ0) is 17.4. The van der Waals surface area contributed by atoms with Gasteiger partial charge in [0.05, 0.1) is 5.56 Å². The lowest BCUT2D eigenvalue weighted by Crippen LogP contribution is -2.20. The summed E-state index contributed by atoms with van der Waals surface area (Å²) in [5.41, 5.74) is 2.08. The Hall–Kier alpha value is -2.95. The molecule has 5 nitrogen and oxygen atoms in total. The minimum Gasteiger partial charge on any atom is -0.348 e. The molecule has 0 saturated heterocycles. The lowest BCUT2D eigenvalue weighted by Gasteiger charge is -2.08. The number of anilines is 1. The van der Waals surface area contributed by atoms with E-state index >= 15 is 0 Å². The molecule has 0 unspecified atom stereocenters. The van der Waals surface area contributed by atoms with Gasteiger partial charge in [-0.2, -0.15) is 0 Å². The van der Waals surface area contributed by atoms with Gasteiger partial charge < -0.3 is 10.6 Å². The molecule has 2 aromatic rings. The van der Waals surface area contributed by atoms with Gasteiger partial charge in [-0.15, -0.1) is 0 Å². The highest BCUT2D eigenvalue weighted by atomic mass is 16.2. The molecule has 1 aromatic carbocycles. The summed E-state index contributed by atoms with van der Waals surface area (Å²) >= 11 is 0. The Bertz CT molecular complexity index is 724. The zero-order valence-electron chi connectivity index (χ0n) is 13.8. The van der Waals surface area contributed by atoms with Crippen molar-refractivity contribution in [3.05, 3.63) is 72.1 Å². The largest absolute Gasteiger partial charge is 0.348 e. The van der Waals surface area contributed by atoms with Gasteiger partial charge in [0.1, 0.15) is 0 Å². The molecule has 2 amide bonds. The lowest BCUT2D eigenvalue weighted by molar-refractivity contribution is -0.116. The summed E-state index contributed by atoms with van der Waals surface area (Å²) in [7, 11) is 0. The van der Waals surface area contributed by atoms with Crippen molar-refractivity contribution in [2.45, 2.75) is 20.4 Å². The van der Waals surface area contributed by atoms with Crippen LogP contribution in [-0.2, 0) is 11.3 Å². The van der Waals surface area contributed by atoms with Crippen molar-refractivity contribution < 1.29 is 9.59 Å². The topological polar surface area (TPSA) is 71.1 Å². The number of carbonyl (C=O) groups excluding carboxylic acids is 2.